The summed E-state index contributed by atoms with van der Waals surface area (Å²) in [5.41, 5.74) is -0.208. The highest BCUT2D eigenvalue weighted by Crippen LogP contribution is 2.13. The summed E-state index contributed by atoms with van der Waals surface area (Å²) in [6, 6.07) is 9.97. The Bertz CT molecular complexity index is 923. The van der Waals surface area contributed by atoms with Gasteiger partial charge in [-0.25, -0.2) is 23.7 Å². The molecule has 3 rings (SSSR count). The van der Waals surface area contributed by atoms with Crippen LogP contribution in [0.4, 0.5) is 26.2 Å². The van der Waals surface area contributed by atoms with E-state index in [2.05, 4.69) is 30.9 Å². The zero-order chi connectivity index (χ0) is 19.1. The number of benzene rings is 1. The number of pyridine rings is 1. The van der Waals surface area contributed by atoms with E-state index in [0.717, 1.165) is 12.1 Å². The van der Waals surface area contributed by atoms with Crippen molar-refractivity contribution in [1.29, 1.82) is 0 Å². The van der Waals surface area contributed by atoms with Gasteiger partial charge in [-0.15, -0.1) is 0 Å². The fourth-order valence-corrected chi connectivity index (χ4v) is 2.23. The van der Waals surface area contributed by atoms with Crippen molar-refractivity contribution in [3.8, 4) is 0 Å². The number of hydrogen-bond acceptors (Lipinski definition) is 6. The van der Waals surface area contributed by atoms with Crippen LogP contribution in [0.2, 0.25) is 0 Å². The molecule has 0 bridgehead atoms. The molecule has 0 saturated carbocycles. The van der Waals surface area contributed by atoms with Crippen LogP contribution in [0.3, 0.4) is 0 Å². The van der Waals surface area contributed by atoms with Crippen LogP contribution < -0.4 is 16.0 Å². The minimum absolute atomic E-state index is 0.208. The maximum absolute atomic E-state index is 13.6. The Balaban J connectivity index is 1.49. The summed E-state index contributed by atoms with van der Waals surface area (Å²) in [7, 11) is 0. The molecule has 138 valence electrons. The summed E-state index contributed by atoms with van der Waals surface area (Å²) < 4.78 is 26.4. The Morgan fingerprint density at radius 2 is 1.78 bits per heavy atom. The number of carbonyl (C=O) groups is 1. The molecule has 0 spiro atoms. The van der Waals surface area contributed by atoms with Crippen LogP contribution in [0, 0.1) is 11.6 Å². The Morgan fingerprint density at radius 1 is 0.926 bits per heavy atom. The zero-order valence-corrected chi connectivity index (χ0v) is 14.1. The number of amides is 1. The summed E-state index contributed by atoms with van der Waals surface area (Å²) in [5, 5.41) is 8.61. The Kier molecular flexibility index (Phi) is 5.83. The fraction of sp³-hybridized carbons (Fsp3) is 0.111. The van der Waals surface area contributed by atoms with E-state index in [0.29, 0.717) is 30.1 Å². The van der Waals surface area contributed by atoms with E-state index in [1.54, 1.807) is 18.3 Å². The second-order valence-electron chi connectivity index (χ2n) is 5.44. The molecule has 3 aromatic rings. The van der Waals surface area contributed by atoms with Crippen LogP contribution in [-0.2, 0) is 0 Å². The lowest BCUT2D eigenvalue weighted by Crippen LogP contribution is -2.29. The average Bonchev–Trinajstić information content (AvgIpc) is 2.66. The van der Waals surface area contributed by atoms with E-state index in [9.17, 15) is 13.6 Å². The van der Waals surface area contributed by atoms with Crippen molar-refractivity contribution in [2.45, 2.75) is 0 Å². The number of hydrogen-bond donors (Lipinski definition) is 3. The Hall–Kier alpha value is -3.62. The standard InChI is InChI=1S/C18H16F2N6O/c19-12-4-5-13(14(20)9-12)18(27)23-8-7-22-16-10-17(25-11-24-16)26-15-3-1-2-6-21-15/h1-6,9-11H,7-8H2,(H,23,27)(H2,21,22,24,25,26). The lowest BCUT2D eigenvalue weighted by atomic mass is 10.2. The highest BCUT2D eigenvalue weighted by atomic mass is 19.1. The number of nitrogens with zero attached hydrogens (tertiary/aromatic N) is 3. The van der Waals surface area contributed by atoms with Crippen molar-refractivity contribution >= 4 is 23.4 Å². The SMILES string of the molecule is O=C(NCCNc1cc(Nc2ccccn2)ncn1)c1ccc(F)cc1F. The van der Waals surface area contributed by atoms with Crippen molar-refractivity contribution < 1.29 is 13.6 Å². The van der Waals surface area contributed by atoms with Crippen LogP contribution in [0.1, 0.15) is 10.4 Å². The minimum atomic E-state index is -0.901. The molecule has 0 saturated heterocycles. The Labute approximate surface area is 153 Å². The number of halogens is 2. The van der Waals surface area contributed by atoms with Gasteiger partial charge in [0.1, 0.15) is 35.4 Å². The van der Waals surface area contributed by atoms with Crippen molar-refractivity contribution in [3.05, 3.63) is 72.2 Å². The van der Waals surface area contributed by atoms with Crippen molar-refractivity contribution in [2.75, 3.05) is 23.7 Å². The summed E-state index contributed by atoms with van der Waals surface area (Å²) in [6.07, 6.45) is 3.05. The number of aromatic nitrogens is 3. The molecule has 0 fully saturated rings. The molecule has 0 atom stereocenters. The predicted octanol–water partition coefficient (Wildman–Crippen LogP) is 2.74. The van der Waals surface area contributed by atoms with Gasteiger partial charge in [-0.2, -0.15) is 0 Å². The fourth-order valence-electron chi connectivity index (χ4n) is 2.23. The van der Waals surface area contributed by atoms with Crippen LogP contribution in [0.15, 0.2) is 55.0 Å². The number of rotatable bonds is 7. The maximum Gasteiger partial charge on any atom is 0.254 e. The first-order chi connectivity index (χ1) is 13.1. The molecule has 0 aliphatic rings. The molecule has 7 nitrogen and oxygen atoms in total. The van der Waals surface area contributed by atoms with Crippen LogP contribution >= 0.6 is 0 Å². The van der Waals surface area contributed by atoms with Gasteiger partial charge < -0.3 is 16.0 Å². The lowest BCUT2D eigenvalue weighted by Gasteiger charge is -2.09. The normalized spacial score (nSPS) is 10.3. The van der Waals surface area contributed by atoms with Gasteiger partial charge in [0.05, 0.1) is 5.56 Å². The van der Waals surface area contributed by atoms with Crippen molar-refractivity contribution in [2.24, 2.45) is 0 Å². The number of carbonyl (C=O) groups excluding carboxylic acids is 1. The van der Waals surface area contributed by atoms with Crippen LogP contribution in [0.5, 0.6) is 0 Å². The molecule has 0 aliphatic heterocycles. The molecule has 2 heterocycles. The van der Waals surface area contributed by atoms with E-state index >= 15 is 0 Å². The third-order valence-electron chi connectivity index (χ3n) is 3.48. The first-order valence-corrected chi connectivity index (χ1v) is 8.09. The van der Waals surface area contributed by atoms with Gasteiger partial charge in [0.2, 0.25) is 0 Å². The molecule has 2 aromatic heterocycles. The molecule has 0 radical (unpaired) electrons. The topological polar surface area (TPSA) is 91.8 Å². The van der Waals surface area contributed by atoms with Gasteiger partial charge in [0.15, 0.2) is 0 Å². The van der Waals surface area contributed by atoms with E-state index in [1.807, 2.05) is 12.1 Å². The second kappa shape index (κ2) is 8.65. The Morgan fingerprint density at radius 3 is 2.56 bits per heavy atom. The first kappa shape index (κ1) is 18.2. The molecule has 1 amide bonds. The van der Waals surface area contributed by atoms with Crippen molar-refractivity contribution in [3.63, 3.8) is 0 Å². The average molecular weight is 370 g/mol. The molecule has 1 aromatic carbocycles. The van der Waals surface area contributed by atoms with Gasteiger partial charge >= 0.3 is 0 Å². The smallest absolute Gasteiger partial charge is 0.254 e. The monoisotopic (exact) mass is 370 g/mol. The third kappa shape index (κ3) is 5.18. The largest absolute Gasteiger partial charge is 0.368 e. The summed E-state index contributed by atoms with van der Waals surface area (Å²) >= 11 is 0. The molecule has 3 N–H and O–H groups in total. The minimum Gasteiger partial charge on any atom is -0.368 e. The predicted molar refractivity (Wildman–Crippen MR) is 96.7 cm³/mol. The van der Waals surface area contributed by atoms with Crippen LogP contribution in [-0.4, -0.2) is 33.9 Å². The number of nitrogens with one attached hydrogen (secondary N) is 3. The van der Waals surface area contributed by atoms with Gasteiger partial charge in [-0.05, 0) is 24.3 Å². The quantitative estimate of drug-likeness (QED) is 0.554. The molecule has 0 aliphatic carbocycles. The van der Waals surface area contributed by atoms with Crippen molar-refractivity contribution in [1.82, 2.24) is 20.3 Å². The molecule has 0 unspecified atom stereocenters. The molecular formula is C18H16F2N6O. The van der Waals surface area contributed by atoms with Crippen LogP contribution in [0.25, 0.3) is 0 Å². The van der Waals surface area contributed by atoms with E-state index in [1.165, 1.54) is 6.33 Å². The highest BCUT2D eigenvalue weighted by molar-refractivity contribution is 5.94. The van der Waals surface area contributed by atoms with E-state index in [-0.39, 0.29) is 12.1 Å². The second-order valence-corrected chi connectivity index (χ2v) is 5.44. The summed E-state index contributed by atoms with van der Waals surface area (Å²) in [6.45, 7) is 0.581. The van der Waals surface area contributed by atoms with Gasteiger partial charge in [0, 0.05) is 31.4 Å². The highest BCUT2D eigenvalue weighted by Gasteiger charge is 2.11. The zero-order valence-electron chi connectivity index (χ0n) is 14.1. The van der Waals surface area contributed by atoms with Gasteiger partial charge in [-0.3, -0.25) is 4.79 Å². The molecular weight excluding hydrogens is 354 g/mol. The first-order valence-electron chi connectivity index (χ1n) is 8.09. The molecule has 27 heavy (non-hydrogen) atoms. The number of anilines is 3. The van der Waals surface area contributed by atoms with Gasteiger partial charge in [0.25, 0.3) is 5.91 Å². The summed E-state index contributed by atoms with van der Waals surface area (Å²) in [5.74, 6) is -0.495. The van der Waals surface area contributed by atoms with Gasteiger partial charge in [-0.1, -0.05) is 6.07 Å². The third-order valence-corrected chi connectivity index (χ3v) is 3.48. The van der Waals surface area contributed by atoms with E-state index in [4.69, 9.17) is 0 Å². The lowest BCUT2D eigenvalue weighted by molar-refractivity contribution is 0.0951. The maximum atomic E-state index is 13.6. The molecule has 9 heteroatoms. The van der Waals surface area contributed by atoms with E-state index < -0.39 is 17.5 Å². The summed E-state index contributed by atoms with van der Waals surface area (Å²) in [4.78, 5) is 24.2.